The molecule has 1 heterocycles. The third-order valence-electron chi connectivity index (χ3n) is 2.70. The second-order valence-corrected chi connectivity index (χ2v) is 4.03. The maximum atomic E-state index is 13.5. The smallest absolute Gasteiger partial charge is 0.300 e. The summed E-state index contributed by atoms with van der Waals surface area (Å²) >= 11 is 0. The van der Waals surface area contributed by atoms with Gasteiger partial charge in [-0.2, -0.15) is 0 Å². The van der Waals surface area contributed by atoms with E-state index in [-0.39, 0.29) is 11.3 Å². The van der Waals surface area contributed by atoms with Crippen LogP contribution in [0.2, 0.25) is 0 Å². The topological polar surface area (TPSA) is 97.2 Å². The molecule has 2 N–H and O–H groups in total. The summed E-state index contributed by atoms with van der Waals surface area (Å²) in [6, 6.07) is 6.78. The number of amides is 1. The van der Waals surface area contributed by atoms with Crippen molar-refractivity contribution >= 4 is 23.1 Å². The molecule has 8 heteroatoms. The molecule has 108 valence electrons. The molecule has 2 rings (SSSR count). The Hall–Kier alpha value is -3.03. The van der Waals surface area contributed by atoms with Crippen LogP contribution in [0.5, 0.6) is 0 Å². The number of para-hydroxylation sites is 1. The molecule has 0 unspecified atom stereocenters. The van der Waals surface area contributed by atoms with Crippen molar-refractivity contribution in [1.82, 2.24) is 4.98 Å². The van der Waals surface area contributed by atoms with Gasteiger partial charge < -0.3 is 10.6 Å². The fourth-order valence-corrected chi connectivity index (χ4v) is 1.66. The van der Waals surface area contributed by atoms with Crippen LogP contribution in [0.1, 0.15) is 10.4 Å². The number of nitrogens with one attached hydrogen (secondary N) is 2. The third kappa shape index (κ3) is 3.11. The average Bonchev–Trinajstić information content (AvgIpc) is 2.48. The van der Waals surface area contributed by atoms with E-state index in [0.717, 1.165) is 6.20 Å². The van der Waals surface area contributed by atoms with E-state index >= 15 is 0 Å². The molecule has 21 heavy (non-hydrogen) atoms. The van der Waals surface area contributed by atoms with Crippen LogP contribution in [0.15, 0.2) is 36.5 Å². The first kappa shape index (κ1) is 14.4. The highest BCUT2D eigenvalue weighted by molar-refractivity contribution is 6.07. The Morgan fingerprint density at radius 1 is 1.38 bits per heavy atom. The predicted molar refractivity (Wildman–Crippen MR) is 74.8 cm³/mol. The minimum Gasteiger partial charge on any atom is -0.373 e. The number of nitrogens with zero attached hydrogens (tertiary/aromatic N) is 2. The number of halogens is 1. The summed E-state index contributed by atoms with van der Waals surface area (Å²) in [5, 5.41) is 15.9. The number of rotatable bonds is 4. The van der Waals surface area contributed by atoms with E-state index in [9.17, 15) is 19.3 Å². The number of anilines is 2. The lowest BCUT2D eigenvalue weighted by atomic mass is 10.2. The maximum absolute atomic E-state index is 13.5. The number of hydrogen-bond acceptors (Lipinski definition) is 5. The molecule has 1 aromatic carbocycles. The predicted octanol–water partition coefficient (Wildman–Crippen LogP) is 2.42. The second kappa shape index (κ2) is 5.95. The van der Waals surface area contributed by atoms with Gasteiger partial charge in [0.05, 0.1) is 10.6 Å². The van der Waals surface area contributed by atoms with Gasteiger partial charge in [0.1, 0.15) is 23.4 Å². The maximum Gasteiger partial charge on any atom is 0.300 e. The normalized spacial score (nSPS) is 10.0. The molecule has 1 amide bonds. The number of nitro groups is 1. The zero-order valence-corrected chi connectivity index (χ0v) is 11.0. The van der Waals surface area contributed by atoms with E-state index in [2.05, 4.69) is 15.6 Å². The molecule has 0 radical (unpaired) electrons. The Labute approximate surface area is 119 Å². The quantitative estimate of drug-likeness (QED) is 0.665. The summed E-state index contributed by atoms with van der Waals surface area (Å²) in [5.74, 6) is -1.12. The van der Waals surface area contributed by atoms with Crippen LogP contribution in [-0.4, -0.2) is 22.9 Å². The van der Waals surface area contributed by atoms with Crippen LogP contribution in [-0.2, 0) is 0 Å². The zero-order valence-electron chi connectivity index (χ0n) is 11.0. The molecular weight excluding hydrogens is 279 g/mol. The Balaban J connectivity index is 2.38. The van der Waals surface area contributed by atoms with Crippen molar-refractivity contribution in [2.45, 2.75) is 0 Å². The summed E-state index contributed by atoms with van der Waals surface area (Å²) in [5.41, 5.74) is -0.718. The van der Waals surface area contributed by atoms with Crippen LogP contribution in [0, 0.1) is 15.9 Å². The lowest BCUT2D eigenvalue weighted by Crippen LogP contribution is -2.15. The van der Waals surface area contributed by atoms with E-state index in [1.54, 1.807) is 13.1 Å². The lowest BCUT2D eigenvalue weighted by molar-refractivity contribution is -0.385. The molecule has 1 aromatic heterocycles. The van der Waals surface area contributed by atoms with Crippen LogP contribution < -0.4 is 10.6 Å². The van der Waals surface area contributed by atoms with E-state index in [1.165, 1.54) is 24.3 Å². The van der Waals surface area contributed by atoms with Gasteiger partial charge in [0, 0.05) is 13.1 Å². The molecule has 0 aliphatic heterocycles. The van der Waals surface area contributed by atoms with Crippen LogP contribution in [0.3, 0.4) is 0 Å². The summed E-state index contributed by atoms with van der Waals surface area (Å²) in [6.45, 7) is 0. The van der Waals surface area contributed by atoms with Crippen molar-refractivity contribution in [3.05, 3.63) is 58.0 Å². The number of hydrogen-bond donors (Lipinski definition) is 2. The first-order valence-corrected chi connectivity index (χ1v) is 5.91. The van der Waals surface area contributed by atoms with Crippen molar-refractivity contribution in [2.75, 3.05) is 17.7 Å². The van der Waals surface area contributed by atoms with Crippen molar-refractivity contribution in [3.8, 4) is 0 Å². The van der Waals surface area contributed by atoms with Gasteiger partial charge in [0.2, 0.25) is 0 Å². The fraction of sp³-hybridized carbons (Fsp3) is 0.0769. The van der Waals surface area contributed by atoms with Gasteiger partial charge in [-0.15, -0.1) is 0 Å². The van der Waals surface area contributed by atoms with Gasteiger partial charge >= 0.3 is 0 Å². The Kier molecular flexibility index (Phi) is 4.07. The van der Waals surface area contributed by atoms with Crippen molar-refractivity contribution in [3.63, 3.8) is 0 Å². The highest BCUT2D eigenvalue weighted by Crippen LogP contribution is 2.22. The molecule has 0 aliphatic rings. The van der Waals surface area contributed by atoms with Gasteiger partial charge in [0.15, 0.2) is 0 Å². The van der Waals surface area contributed by atoms with E-state index in [1.807, 2.05) is 0 Å². The molecule has 2 aromatic rings. The monoisotopic (exact) mass is 290 g/mol. The average molecular weight is 290 g/mol. The number of carbonyl (C=O) groups is 1. The van der Waals surface area contributed by atoms with Crippen LogP contribution in [0.25, 0.3) is 0 Å². The molecule has 0 fully saturated rings. The summed E-state index contributed by atoms with van der Waals surface area (Å²) < 4.78 is 13.5. The van der Waals surface area contributed by atoms with Gasteiger partial charge in [-0.3, -0.25) is 14.9 Å². The Morgan fingerprint density at radius 3 is 2.71 bits per heavy atom. The standard InChI is InChI=1S/C13H11FN4O3/c1-15-12-6-8(11(7-16-12)18(20)21)13(19)17-10-5-3-2-4-9(10)14/h2-7H,1H3,(H,15,16)(H,17,19). The molecule has 0 saturated heterocycles. The van der Waals surface area contributed by atoms with E-state index in [0.29, 0.717) is 5.82 Å². The second-order valence-electron chi connectivity index (χ2n) is 4.03. The highest BCUT2D eigenvalue weighted by Gasteiger charge is 2.22. The van der Waals surface area contributed by atoms with Crippen molar-refractivity contribution in [2.24, 2.45) is 0 Å². The highest BCUT2D eigenvalue weighted by atomic mass is 19.1. The summed E-state index contributed by atoms with van der Waals surface area (Å²) in [7, 11) is 1.56. The Morgan fingerprint density at radius 2 is 2.10 bits per heavy atom. The minimum absolute atomic E-state index is 0.0559. The molecule has 0 saturated carbocycles. The molecule has 0 bridgehead atoms. The van der Waals surface area contributed by atoms with Crippen LogP contribution >= 0.6 is 0 Å². The SMILES string of the molecule is CNc1cc(C(=O)Nc2ccccc2F)c([N+](=O)[O-])cn1. The van der Waals surface area contributed by atoms with E-state index in [4.69, 9.17) is 0 Å². The lowest BCUT2D eigenvalue weighted by Gasteiger charge is -2.07. The molecule has 7 nitrogen and oxygen atoms in total. The summed E-state index contributed by atoms with van der Waals surface area (Å²) in [6.07, 6.45) is 0.974. The molecule has 0 atom stereocenters. The van der Waals surface area contributed by atoms with E-state index < -0.39 is 22.3 Å². The zero-order chi connectivity index (χ0) is 15.4. The molecular formula is C13H11FN4O3. The number of aromatic nitrogens is 1. The largest absolute Gasteiger partial charge is 0.373 e. The number of pyridine rings is 1. The van der Waals surface area contributed by atoms with Crippen molar-refractivity contribution < 1.29 is 14.1 Å². The molecule has 0 aliphatic carbocycles. The number of benzene rings is 1. The summed E-state index contributed by atoms with van der Waals surface area (Å²) in [4.78, 5) is 26.1. The third-order valence-corrected chi connectivity index (χ3v) is 2.70. The van der Waals surface area contributed by atoms with Gasteiger partial charge in [-0.25, -0.2) is 9.37 Å². The molecule has 0 spiro atoms. The number of carbonyl (C=O) groups excluding carboxylic acids is 1. The van der Waals surface area contributed by atoms with Gasteiger partial charge in [0.25, 0.3) is 11.6 Å². The first-order valence-electron chi connectivity index (χ1n) is 5.91. The van der Waals surface area contributed by atoms with Crippen molar-refractivity contribution in [1.29, 1.82) is 0 Å². The van der Waals surface area contributed by atoms with Gasteiger partial charge in [-0.1, -0.05) is 12.1 Å². The minimum atomic E-state index is -0.786. The first-order chi connectivity index (χ1) is 10.0. The van der Waals surface area contributed by atoms with Crippen LogP contribution in [0.4, 0.5) is 21.6 Å². The van der Waals surface area contributed by atoms with Gasteiger partial charge in [-0.05, 0) is 12.1 Å². The Bertz CT molecular complexity index is 706. The fourth-order valence-electron chi connectivity index (χ4n) is 1.66.